The van der Waals surface area contributed by atoms with Crippen molar-refractivity contribution < 1.29 is 9.47 Å². The molecule has 0 saturated carbocycles. The van der Waals surface area contributed by atoms with Crippen LogP contribution >= 0.6 is 15.9 Å². The normalized spacial score (nSPS) is 11.0. The SMILES string of the molecule is COCCN(C)CCNCc1cc(OC)ccc1Br. The van der Waals surface area contributed by atoms with Crippen LogP contribution in [0.3, 0.4) is 0 Å². The van der Waals surface area contributed by atoms with Crippen molar-refractivity contribution in [3.05, 3.63) is 28.2 Å². The molecule has 0 saturated heterocycles. The highest BCUT2D eigenvalue weighted by Gasteiger charge is 2.02. The Morgan fingerprint density at radius 3 is 2.74 bits per heavy atom. The Morgan fingerprint density at radius 1 is 1.26 bits per heavy atom. The maximum absolute atomic E-state index is 5.23. The summed E-state index contributed by atoms with van der Waals surface area (Å²) in [6.07, 6.45) is 0. The van der Waals surface area contributed by atoms with Gasteiger partial charge in [-0.2, -0.15) is 0 Å². The summed E-state index contributed by atoms with van der Waals surface area (Å²) in [6, 6.07) is 6.01. The average molecular weight is 331 g/mol. The number of ether oxygens (including phenoxy) is 2. The molecule has 1 N–H and O–H groups in total. The van der Waals surface area contributed by atoms with Crippen LogP contribution in [0.5, 0.6) is 5.75 Å². The molecule has 19 heavy (non-hydrogen) atoms. The Balaban J connectivity index is 2.29. The van der Waals surface area contributed by atoms with Crippen molar-refractivity contribution in [1.29, 1.82) is 0 Å². The van der Waals surface area contributed by atoms with Gasteiger partial charge in [-0.1, -0.05) is 15.9 Å². The molecule has 0 aliphatic rings. The fourth-order valence-electron chi connectivity index (χ4n) is 1.67. The number of halogens is 1. The smallest absolute Gasteiger partial charge is 0.119 e. The molecule has 0 aliphatic heterocycles. The summed E-state index contributed by atoms with van der Waals surface area (Å²) in [5.74, 6) is 0.886. The van der Waals surface area contributed by atoms with Gasteiger partial charge in [0.05, 0.1) is 13.7 Å². The topological polar surface area (TPSA) is 33.7 Å². The molecule has 5 heteroatoms. The summed E-state index contributed by atoms with van der Waals surface area (Å²) < 4.78 is 11.4. The first-order valence-electron chi connectivity index (χ1n) is 6.38. The van der Waals surface area contributed by atoms with E-state index in [1.54, 1.807) is 14.2 Å². The van der Waals surface area contributed by atoms with Gasteiger partial charge in [0.1, 0.15) is 5.75 Å². The van der Waals surface area contributed by atoms with Crippen molar-refractivity contribution >= 4 is 15.9 Å². The van der Waals surface area contributed by atoms with Crippen LogP contribution in [0.15, 0.2) is 22.7 Å². The van der Waals surface area contributed by atoms with Crippen LogP contribution < -0.4 is 10.1 Å². The summed E-state index contributed by atoms with van der Waals surface area (Å²) >= 11 is 3.55. The Bertz CT molecular complexity index is 374. The van der Waals surface area contributed by atoms with Crippen molar-refractivity contribution in [2.45, 2.75) is 6.54 Å². The van der Waals surface area contributed by atoms with Crippen molar-refractivity contribution in [2.75, 3.05) is 47.5 Å². The quantitative estimate of drug-likeness (QED) is 0.703. The number of rotatable bonds is 9. The molecule has 1 rings (SSSR count). The summed E-state index contributed by atoms with van der Waals surface area (Å²) in [5.41, 5.74) is 1.21. The largest absolute Gasteiger partial charge is 0.497 e. The number of hydrogen-bond donors (Lipinski definition) is 1. The zero-order valence-electron chi connectivity index (χ0n) is 11.9. The van der Waals surface area contributed by atoms with Gasteiger partial charge in [-0.3, -0.25) is 0 Å². The zero-order chi connectivity index (χ0) is 14.1. The van der Waals surface area contributed by atoms with Crippen LogP contribution in [0, 0.1) is 0 Å². The monoisotopic (exact) mass is 330 g/mol. The lowest BCUT2D eigenvalue weighted by atomic mass is 10.2. The molecule has 0 unspecified atom stereocenters. The average Bonchev–Trinajstić information content (AvgIpc) is 2.43. The summed E-state index contributed by atoms with van der Waals surface area (Å²) in [7, 11) is 5.51. The molecule has 0 heterocycles. The third-order valence-electron chi connectivity index (χ3n) is 2.92. The van der Waals surface area contributed by atoms with Gasteiger partial charge in [0, 0.05) is 37.8 Å². The minimum atomic E-state index is 0.776. The first-order chi connectivity index (χ1) is 9.17. The van der Waals surface area contributed by atoms with Gasteiger partial charge in [-0.15, -0.1) is 0 Å². The fourth-order valence-corrected chi connectivity index (χ4v) is 2.05. The van der Waals surface area contributed by atoms with E-state index in [0.717, 1.165) is 43.0 Å². The van der Waals surface area contributed by atoms with Crippen LogP contribution in [-0.2, 0) is 11.3 Å². The molecule has 0 amide bonds. The van der Waals surface area contributed by atoms with Crippen molar-refractivity contribution in [3.63, 3.8) is 0 Å². The maximum atomic E-state index is 5.23. The first kappa shape index (κ1) is 16.4. The lowest BCUT2D eigenvalue weighted by molar-refractivity contribution is 0.161. The summed E-state index contributed by atoms with van der Waals surface area (Å²) in [5, 5.41) is 3.43. The maximum Gasteiger partial charge on any atom is 0.119 e. The van der Waals surface area contributed by atoms with E-state index in [1.165, 1.54) is 5.56 Å². The lowest BCUT2D eigenvalue weighted by Gasteiger charge is -2.16. The number of benzene rings is 1. The van der Waals surface area contributed by atoms with E-state index in [0.29, 0.717) is 0 Å². The van der Waals surface area contributed by atoms with E-state index < -0.39 is 0 Å². The third-order valence-corrected chi connectivity index (χ3v) is 3.69. The van der Waals surface area contributed by atoms with Crippen LogP contribution in [0.25, 0.3) is 0 Å². The second kappa shape index (κ2) is 9.31. The molecule has 1 aromatic rings. The number of likely N-dealkylation sites (N-methyl/N-ethyl adjacent to an activating group) is 1. The molecular weight excluding hydrogens is 308 g/mol. The van der Waals surface area contributed by atoms with Gasteiger partial charge in [0.15, 0.2) is 0 Å². The van der Waals surface area contributed by atoms with E-state index in [9.17, 15) is 0 Å². The highest BCUT2D eigenvalue weighted by molar-refractivity contribution is 9.10. The Kier molecular flexibility index (Phi) is 8.05. The highest BCUT2D eigenvalue weighted by Crippen LogP contribution is 2.22. The first-order valence-corrected chi connectivity index (χ1v) is 7.17. The standard InChI is InChI=1S/C14H23BrN2O2/c1-17(8-9-18-2)7-6-16-11-12-10-13(19-3)4-5-14(12)15/h4-5,10,16H,6-9,11H2,1-3H3. The Hall–Kier alpha value is -0.620. The van der Waals surface area contributed by atoms with Gasteiger partial charge in [0.2, 0.25) is 0 Å². The molecule has 4 nitrogen and oxygen atoms in total. The second-order valence-corrected chi connectivity index (χ2v) is 5.28. The van der Waals surface area contributed by atoms with Crippen LogP contribution in [0.4, 0.5) is 0 Å². The van der Waals surface area contributed by atoms with Gasteiger partial charge < -0.3 is 19.7 Å². The number of nitrogens with one attached hydrogen (secondary N) is 1. The second-order valence-electron chi connectivity index (χ2n) is 4.43. The molecular formula is C14H23BrN2O2. The van der Waals surface area contributed by atoms with Crippen LogP contribution in [0.2, 0.25) is 0 Å². The molecule has 0 bridgehead atoms. The molecule has 1 aromatic carbocycles. The molecule has 108 valence electrons. The van der Waals surface area contributed by atoms with Crippen molar-refractivity contribution in [2.24, 2.45) is 0 Å². The van der Waals surface area contributed by atoms with Crippen molar-refractivity contribution in [3.8, 4) is 5.75 Å². The predicted molar refractivity (Wildman–Crippen MR) is 81.8 cm³/mol. The minimum absolute atomic E-state index is 0.776. The van der Waals surface area contributed by atoms with Crippen LogP contribution in [0.1, 0.15) is 5.56 Å². The van der Waals surface area contributed by atoms with E-state index in [4.69, 9.17) is 9.47 Å². The van der Waals surface area contributed by atoms with Gasteiger partial charge in [0.25, 0.3) is 0 Å². The van der Waals surface area contributed by atoms with E-state index in [-0.39, 0.29) is 0 Å². The third kappa shape index (κ3) is 6.38. The fraction of sp³-hybridized carbons (Fsp3) is 0.571. The molecule has 0 spiro atoms. The predicted octanol–water partition coefficient (Wildman–Crippen LogP) is 2.13. The van der Waals surface area contributed by atoms with Crippen molar-refractivity contribution in [1.82, 2.24) is 10.2 Å². The van der Waals surface area contributed by atoms with Gasteiger partial charge in [-0.25, -0.2) is 0 Å². The molecule has 0 atom stereocenters. The highest BCUT2D eigenvalue weighted by atomic mass is 79.9. The Morgan fingerprint density at radius 2 is 2.05 bits per heavy atom. The summed E-state index contributed by atoms with van der Waals surface area (Å²) in [4.78, 5) is 2.25. The van der Waals surface area contributed by atoms with Gasteiger partial charge >= 0.3 is 0 Å². The van der Waals surface area contributed by atoms with Crippen LogP contribution in [-0.4, -0.2) is 52.4 Å². The Labute approximate surface area is 124 Å². The number of methoxy groups -OCH3 is 2. The number of hydrogen-bond acceptors (Lipinski definition) is 4. The lowest BCUT2D eigenvalue weighted by Crippen LogP contribution is -2.31. The zero-order valence-corrected chi connectivity index (χ0v) is 13.5. The van der Waals surface area contributed by atoms with Gasteiger partial charge in [-0.05, 0) is 30.8 Å². The minimum Gasteiger partial charge on any atom is -0.497 e. The van der Waals surface area contributed by atoms with E-state index in [1.807, 2.05) is 18.2 Å². The summed E-state index contributed by atoms with van der Waals surface area (Å²) in [6.45, 7) is 4.52. The molecule has 0 radical (unpaired) electrons. The number of nitrogens with zero attached hydrogens (tertiary/aromatic N) is 1. The molecule has 0 aliphatic carbocycles. The molecule has 0 fully saturated rings. The molecule has 0 aromatic heterocycles. The van der Waals surface area contributed by atoms with E-state index in [2.05, 4.69) is 33.2 Å². The van der Waals surface area contributed by atoms with E-state index >= 15 is 0 Å².